The van der Waals surface area contributed by atoms with Gasteiger partial charge in [0.05, 0.1) is 6.61 Å². The fraction of sp³-hybridized carbons (Fsp3) is 0.458. The predicted octanol–water partition coefficient (Wildman–Crippen LogP) is 5.79. The molecule has 2 aromatic carbocycles. The molecule has 0 saturated heterocycles. The lowest BCUT2D eigenvalue weighted by atomic mass is 9.87. The third kappa shape index (κ3) is 7.01. The van der Waals surface area contributed by atoms with Crippen molar-refractivity contribution in [2.75, 3.05) is 19.8 Å². The molecule has 0 bridgehead atoms. The van der Waals surface area contributed by atoms with E-state index in [2.05, 4.69) is 32.9 Å². The van der Waals surface area contributed by atoms with Crippen molar-refractivity contribution in [2.24, 2.45) is 5.41 Å². The molecular formula is C24H32O4. The highest BCUT2D eigenvalue weighted by Crippen LogP contribution is 2.27. The SMILES string of the molecule is CC(C)(C)C(=O)COCCOc1ccc(Oc2ccc(C(C)(C)C)cc2)cc1. The van der Waals surface area contributed by atoms with Gasteiger partial charge in [0.15, 0.2) is 5.78 Å². The van der Waals surface area contributed by atoms with Gasteiger partial charge in [-0.25, -0.2) is 0 Å². The Morgan fingerprint density at radius 2 is 1.25 bits per heavy atom. The van der Waals surface area contributed by atoms with Crippen molar-refractivity contribution in [3.8, 4) is 17.2 Å². The summed E-state index contributed by atoms with van der Waals surface area (Å²) >= 11 is 0. The molecule has 2 rings (SSSR count). The number of benzene rings is 2. The van der Waals surface area contributed by atoms with E-state index in [4.69, 9.17) is 14.2 Å². The molecule has 28 heavy (non-hydrogen) atoms. The van der Waals surface area contributed by atoms with Gasteiger partial charge in [0.1, 0.15) is 30.5 Å². The van der Waals surface area contributed by atoms with Crippen molar-refractivity contribution in [3.05, 3.63) is 54.1 Å². The van der Waals surface area contributed by atoms with Gasteiger partial charge in [-0.1, -0.05) is 53.7 Å². The third-order valence-corrected chi connectivity index (χ3v) is 4.35. The standard InChI is InChI=1S/C24H32O4/c1-23(2,3)18-7-9-20(10-8-18)28-21-13-11-19(12-14-21)27-16-15-26-17-22(25)24(4,5)6/h7-14H,15-17H2,1-6H3. The zero-order valence-electron chi connectivity index (χ0n) is 17.9. The van der Waals surface area contributed by atoms with Crippen LogP contribution in [-0.2, 0) is 14.9 Å². The summed E-state index contributed by atoms with van der Waals surface area (Å²) in [5, 5.41) is 0. The molecule has 0 fully saturated rings. The van der Waals surface area contributed by atoms with Crippen LogP contribution < -0.4 is 9.47 Å². The second-order valence-electron chi connectivity index (χ2n) is 8.92. The summed E-state index contributed by atoms with van der Waals surface area (Å²) in [4.78, 5) is 11.8. The normalized spacial score (nSPS) is 11.9. The van der Waals surface area contributed by atoms with Crippen LogP contribution in [0.4, 0.5) is 0 Å². The van der Waals surface area contributed by atoms with Crippen molar-refractivity contribution in [3.63, 3.8) is 0 Å². The van der Waals surface area contributed by atoms with E-state index in [1.54, 1.807) is 0 Å². The van der Waals surface area contributed by atoms with Gasteiger partial charge in [0, 0.05) is 5.41 Å². The summed E-state index contributed by atoms with van der Waals surface area (Å²) in [5.41, 5.74) is 1.03. The second-order valence-corrected chi connectivity index (χ2v) is 8.92. The summed E-state index contributed by atoms with van der Waals surface area (Å²) in [7, 11) is 0. The number of ether oxygens (including phenoxy) is 3. The first-order valence-electron chi connectivity index (χ1n) is 9.68. The molecule has 0 unspecified atom stereocenters. The maximum absolute atomic E-state index is 11.8. The molecule has 2 aromatic rings. The second kappa shape index (κ2) is 9.24. The Hall–Kier alpha value is -2.33. The Labute approximate surface area is 168 Å². The van der Waals surface area contributed by atoms with Gasteiger partial charge in [-0.3, -0.25) is 4.79 Å². The summed E-state index contributed by atoms with van der Waals surface area (Å²) in [5.74, 6) is 2.38. The smallest absolute Gasteiger partial charge is 0.163 e. The zero-order chi connectivity index (χ0) is 20.8. The van der Waals surface area contributed by atoms with E-state index in [-0.39, 0.29) is 23.2 Å². The highest BCUT2D eigenvalue weighted by molar-refractivity contribution is 5.84. The first kappa shape index (κ1) is 22.0. The van der Waals surface area contributed by atoms with Crippen LogP contribution in [0.25, 0.3) is 0 Å². The molecule has 4 nitrogen and oxygen atoms in total. The number of carbonyl (C=O) groups excluding carboxylic acids is 1. The van der Waals surface area contributed by atoms with Crippen molar-refractivity contribution in [1.82, 2.24) is 0 Å². The molecular weight excluding hydrogens is 352 g/mol. The van der Waals surface area contributed by atoms with Gasteiger partial charge in [0.25, 0.3) is 0 Å². The number of carbonyl (C=O) groups is 1. The lowest BCUT2D eigenvalue weighted by molar-refractivity contribution is -0.131. The van der Waals surface area contributed by atoms with E-state index >= 15 is 0 Å². The molecule has 0 spiro atoms. The average Bonchev–Trinajstić information content (AvgIpc) is 2.61. The largest absolute Gasteiger partial charge is 0.491 e. The van der Waals surface area contributed by atoms with Crippen LogP contribution in [0.5, 0.6) is 17.2 Å². The van der Waals surface area contributed by atoms with Crippen LogP contribution in [0, 0.1) is 5.41 Å². The maximum atomic E-state index is 11.8. The van der Waals surface area contributed by atoms with E-state index in [0.717, 1.165) is 17.2 Å². The van der Waals surface area contributed by atoms with Crippen LogP contribution >= 0.6 is 0 Å². The van der Waals surface area contributed by atoms with Crippen molar-refractivity contribution in [2.45, 2.75) is 47.0 Å². The Morgan fingerprint density at radius 3 is 1.75 bits per heavy atom. The minimum Gasteiger partial charge on any atom is -0.491 e. The highest BCUT2D eigenvalue weighted by atomic mass is 16.5. The number of ketones is 1. The van der Waals surface area contributed by atoms with Crippen molar-refractivity contribution < 1.29 is 19.0 Å². The molecule has 0 amide bonds. The molecule has 0 N–H and O–H groups in total. The van der Waals surface area contributed by atoms with Crippen molar-refractivity contribution >= 4 is 5.78 Å². The summed E-state index contributed by atoms with van der Waals surface area (Å²) in [6.45, 7) is 13.1. The molecule has 0 aliphatic rings. The minimum absolute atomic E-state index is 0.0875. The maximum Gasteiger partial charge on any atom is 0.163 e. The van der Waals surface area contributed by atoms with E-state index < -0.39 is 0 Å². The fourth-order valence-corrected chi connectivity index (χ4v) is 2.36. The van der Waals surface area contributed by atoms with E-state index in [0.29, 0.717) is 13.2 Å². The van der Waals surface area contributed by atoms with Crippen LogP contribution in [-0.4, -0.2) is 25.6 Å². The topological polar surface area (TPSA) is 44.8 Å². The molecule has 0 radical (unpaired) electrons. The van der Waals surface area contributed by atoms with Gasteiger partial charge < -0.3 is 14.2 Å². The number of rotatable bonds is 8. The summed E-state index contributed by atoms with van der Waals surface area (Å²) < 4.78 is 16.9. The van der Waals surface area contributed by atoms with Crippen LogP contribution in [0.15, 0.2) is 48.5 Å². The van der Waals surface area contributed by atoms with Crippen LogP contribution in [0.3, 0.4) is 0 Å². The van der Waals surface area contributed by atoms with Gasteiger partial charge in [0.2, 0.25) is 0 Å². The quantitative estimate of drug-likeness (QED) is 0.541. The van der Waals surface area contributed by atoms with Gasteiger partial charge in [-0.15, -0.1) is 0 Å². The molecule has 0 aliphatic heterocycles. The number of hydrogen-bond donors (Lipinski definition) is 0. The van der Waals surface area contributed by atoms with E-state index in [1.807, 2.05) is 57.2 Å². The number of hydrogen-bond acceptors (Lipinski definition) is 4. The molecule has 0 heterocycles. The highest BCUT2D eigenvalue weighted by Gasteiger charge is 2.20. The predicted molar refractivity (Wildman–Crippen MR) is 112 cm³/mol. The molecule has 0 aromatic heterocycles. The van der Waals surface area contributed by atoms with Crippen LogP contribution in [0.1, 0.15) is 47.1 Å². The average molecular weight is 385 g/mol. The van der Waals surface area contributed by atoms with E-state index in [9.17, 15) is 4.79 Å². The molecule has 4 heteroatoms. The monoisotopic (exact) mass is 384 g/mol. The Morgan fingerprint density at radius 1 is 0.750 bits per heavy atom. The molecule has 152 valence electrons. The fourth-order valence-electron chi connectivity index (χ4n) is 2.36. The Bertz CT molecular complexity index is 747. The van der Waals surface area contributed by atoms with Gasteiger partial charge in [-0.2, -0.15) is 0 Å². The first-order valence-corrected chi connectivity index (χ1v) is 9.68. The lowest BCUT2D eigenvalue weighted by Gasteiger charge is -2.19. The third-order valence-electron chi connectivity index (χ3n) is 4.35. The van der Waals surface area contributed by atoms with E-state index in [1.165, 1.54) is 5.56 Å². The molecule has 0 atom stereocenters. The number of Topliss-reactive ketones (excluding diaryl/α,β-unsaturated/α-hetero) is 1. The molecule has 0 aliphatic carbocycles. The summed E-state index contributed by atoms with van der Waals surface area (Å²) in [6, 6.07) is 15.6. The van der Waals surface area contributed by atoms with Crippen LogP contribution in [0.2, 0.25) is 0 Å². The lowest BCUT2D eigenvalue weighted by Crippen LogP contribution is -2.25. The molecule has 0 saturated carbocycles. The van der Waals surface area contributed by atoms with Crippen molar-refractivity contribution in [1.29, 1.82) is 0 Å². The zero-order valence-corrected chi connectivity index (χ0v) is 17.9. The first-order chi connectivity index (χ1) is 13.1. The minimum atomic E-state index is -0.371. The Balaban J connectivity index is 1.76. The van der Waals surface area contributed by atoms with Gasteiger partial charge in [-0.05, 0) is 47.4 Å². The summed E-state index contributed by atoms with van der Waals surface area (Å²) in [6.07, 6.45) is 0. The van der Waals surface area contributed by atoms with Gasteiger partial charge >= 0.3 is 0 Å². The Kier molecular flexibility index (Phi) is 7.25.